The lowest BCUT2D eigenvalue weighted by atomic mass is 9.74. The van der Waals surface area contributed by atoms with Crippen molar-refractivity contribution < 1.29 is 0 Å². The highest BCUT2D eigenvalue weighted by molar-refractivity contribution is 7.25. The Bertz CT molecular complexity index is 3520. The van der Waals surface area contributed by atoms with E-state index < -0.39 is 0 Å². The molecule has 0 spiro atoms. The molecule has 0 radical (unpaired) electrons. The summed E-state index contributed by atoms with van der Waals surface area (Å²) in [4.78, 5) is 10.8. The first-order chi connectivity index (χ1) is 31.1. The number of rotatable bonds is 7. The zero-order valence-electron chi connectivity index (χ0n) is 34.7. The topological polar surface area (TPSA) is 25.8 Å². The van der Waals surface area contributed by atoms with Crippen molar-refractivity contribution in [2.45, 2.75) is 12.3 Å². The molecule has 63 heavy (non-hydrogen) atoms. The lowest BCUT2D eigenvalue weighted by Crippen LogP contribution is -2.22. The first kappa shape index (κ1) is 37.1. The summed E-state index contributed by atoms with van der Waals surface area (Å²) in [6, 6.07) is 81.3. The van der Waals surface area contributed by atoms with Crippen LogP contribution in [0.5, 0.6) is 0 Å². The molecule has 9 aromatic carbocycles. The molecule has 0 saturated heterocycles. The second-order valence-electron chi connectivity index (χ2n) is 16.6. The molecule has 2 aromatic heterocycles. The Labute approximate surface area is 371 Å². The Morgan fingerprint density at radius 2 is 0.889 bits per heavy atom. The SMILES string of the molecule is CC1(c2ccccc2)c2ccccc2-c2c(-c3cc(-c4cc(-c5cccc(-c6ccccc6)c5)cc(-c5ccc6sc7ccccc7c6c5)c4)nc(-c4ccccc4)n3)cccc21. The smallest absolute Gasteiger partial charge is 0.160 e. The molecule has 2 heterocycles. The van der Waals surface area contributed by atoms with Crippen LogP contribution in [0.4, 0.5) is 0 Å². The number of hydrogen-bond acceptors (Lipinski definition) is 3. The van der Waals surface area contributed by atoms with Crippen LogP contribution in [0.15, 0.2) is 224 Å². The van der Waals surface area contributed by atoms with Crippen LogP contribution in [-0.4, -0.2) is 9.97 Å². The predicted molar refractivity (Wildman–Crippen MR) is 265 cm³/mol. The summed E-state index contributed by atoms with van der Waals surface area (Å²) in [5.74, 6) is 0.696. The average Bonchev–Trinajstić information content (AvgIpc) is 3.87. The highest BCUT2D eigenvalue weighted by atomic mass is 32.1. The van der Waals surface area contributed by atoms with Crippen LogP contribution in [0, 0.1) is 0 Å². The van der Waals surface area contributed by atoms with Gasteiger partial charge in [-0.15, -0.1) is 11.3 Å². The van der Waals surface area contributed by atoms with Gasteiger partial charge in [0.15, 0.2) is 5.82 Å². The Balaban J connectivity index is 1.09. The zero-order chi connectivity index (χ0) is 41.9. The van der Waals surface area contributed by atoms with Gasteiger partial charge in [-0.1, -0.05) is 176 Å². The number of fused-ring (bicyclic) bond motifs is 6. The highest BCUT2D eigenvalue weighted by Crippen LogP contribution is 2.55. The number of nitrogens with zero attached hydrogens (tertiary/aromatic N) is 2. The lowest BCUT2D eigenvalue weighted by molar-refractivity contribution is 0.714. The Morgan fingerprint density at radius 1 is 0.349 bits per heavy atom. The zero-order valence-corrected chi connectivity index (χ0v) is 35.5. The predicted octanol–water partition coefficient (Wildman–Crippen LogP) is 16.2. The summed E-state index contributed by atoms with van der Waals surface area (Å²) < 4.78 is 2.60. The van der Waals surface area contributed by atoms with E-state index in [1.807, 2.05) is 17.4 Å². The van der Waals surface area contributed by atoms with Gasteiger partial charge in [0.1, 0.15) is 0 Å². The number of benzene rings is 9. The van der Waals surface area contributed by atoms with Crippen molar-refractivity contribution >= 4 is 31.5 Å². The Morgan fingerprint density at radius 3 is 1.68 bits per heavy atom. The third-order valence-corrected chi connectivity index (χ3v) is 14.1. The molecule has 2 nitrogen and oxygen atoms in total. The van der Waals surface area contributed by atoms with Gasteiger partial charge in [0.2, 0.25) is 0 Å². The van der Waals surface area contributed by atoms with Gasteiger partial charge in [-0.25, -0.2) is 9.97 Å². The van der Waals surface area contributed by atoms with Crippen LogP contribution in [0.25, 0.3) is 98.6 Å². The van der Waals surface area contributed by atoms with E-state index in [-0.39, 0.29) is 5.41 Å². The summed E-state index contributed by atoms with van der Waals surface area (Å²) in [7, 11) is 0. The second-order valence-corrected chi connectivity index (χ2v) is 17.7. The molecule has 0 amide bonds. The first-order valence-electron chi connectivity index (χ1n) is 21.6. The molecule has 0 N–H and O–H groups in total. The molecular weight excluding hydrogens is 781 g/mol. The van der Waals surface area contributed by atoms with E-state index in [0.717, 1.165) is 44.8 Å². The minimum atomic E-state index is -0.326. The van der Waals surface area contributed by atoms with Gasteiger partial charge in [-0.3, -0.25) is 0 Å². The standard InChI is InChI=1S/C60H40N2S/c1-60(47-23-9-4-10-24-47)52-28-13-11-26-49(52)58-50(27-16-29-53(58)60)55-38-54(61-59(62-55)40-19-7-3-8-20-40)46-35-44(42-22-15-21-41(33-42)39-17-5-2-6-18-39)34-45(36-46)43-31-32-57-51(37-43)48-25-12-14-30-56(48)63-57/h2-38H,1H3. The molecule has 11 aromatic rings. The van der Waals surface area contributed by atoms with Gasteiger partial charge in [0, 0.05) is 42.3 Å². The molecule has 296 valence electrons. The van der Waals surface area contributed by atoms with Crippen LogP contribution < -0.4 is 0 Å². The summed E-state index contributed by atoms with van der Waals surface area (Å²) in [5, 5.41) is 2.57. The molecule has 1 aliphatic rings. The van der Waals surface area contributed by atoms with Crippen LogP contribution in [0.3, 0.4) is 0 Å². The van der Waals surface area contributed by atoms with Crippen molar-refractivity contribution in [3.8, 4) is 78.4 Å². The summed E-state index contributed by atoms with van der Waals surface area (Å²) >= 11 is 1.85. The van der Waals surface area contributed by atoms with E-state index in [1.54, 1.807) is 0 Å². The first-order valence-corrected chi connectivity index (χ1v) is 22.4. The average molecular weight is 821 g/mol. The van der Waals surface area contributed by atoms with Gasteiger partial charge >= 0.3 is 0 Å². The minimum Gasteiger partial charge on any atom is -0.228 e. The molecule has 0 aliphatic heterocycles. The normalized spacial score (nSPS) is 14.2. The third kappa shape index (κ3) is 6.31. The van der Waals surface area contributed by atoms with Crippen LogP contribution in [0.1, 0.15) is 23.6 Å². The van der Waals surface area contributed by atoms with Crippen LogP contribution >= 0.6 is 11.3 Å². The maximum atomic E-state index is 5.42. The molecule has 1 aliphatic carbocycles. The van der Waals surface area contributed by atoms with Crippen molar-refractivity contribution in [3.05, 3.63) is 241 Å². The quantitative estimate of drug-likeness (QED) is 0.160. The fourth-order valence-electron chi connectivity index (χ4n) is 9.81. The molecule has 0 saturated carbocycles. The third-order valence-electron chi connectivity index (χ3n) is 13.0. The van der Waals surface area contributed by atoms with E-state index in [4.69, 9.17) is 9.97 Å². The van der Waals surface area contributed by atoms with Crippen molar-refractivity contribution in [1.29, 1.82) is 0 Å². The van der Waals surface area contributed by atoms with E-state index in [1.165, 1.54) is 64.7 Å². The molecule has 12 rings (SSSR count). The monoisotopic (exact) mass is 820 g/mol. The Kier molecular flexibility index (Phi) is 8.84. The molecule has 1 unspecified atom stereocenters. The molecular formula is C60H40N2S. The van der Waals surface area contributed by atoms with Gasteiger partial charge in [-0.05, 0) is 117 Å². The fourth-order valence-corrected chi connectivity index (χ4v) is 10.9. The largest absolute Gasteiger partial charge is 0.228 e. The van der Waals surface area contributed by atoms with Gasteiger partial charge in [0.25, 0.3) is 0 Å². The van der Waals surface area contributed by atoms with Gasteiger partial charge in [0.05, 0.1) is 11.4 Å². The van der Waals surface area contributed by atoms with Crippen molar-refractivity contribution in [1.82, 2.24) is 9.97 Å². The molecule has 1 atom stereocenters. The van der Waals surface area contributed by atoms with Crippen molar-refractivity contribution in [3.63, 3.8) is 0 Å². The Hall–Kier alpha value is -7.72. The van der Waals surface area contributed by atoms with Gasteiger partial charge < -0.3 is 0 Å². The van der Waals surface area contributed by atoms with Crippen molar-refractivity contribution in [2.75, 3.05) is 0 Å². The number of hydrogen-bond donors (Lipinski definition) is 0. The number of thiophene rings is 1. The second kappa shape index (κ2) is 15.0. The summed E-state index contributed by atoms with van der Waals surface area (Å²) in [5.41, 5.74) is 17.9. The van der Waals surface area contributed by atoms with E-state index >= 15 is 0 Å². The van der Waals surface area contributed by atoms with Crippen LogP contribution in [-0.2, 0) is 5.41 Å². The van der Waals surface area contributed by atoms with Gasteiger partial charge in [-0.2, -0.15) is 0 Å². The molecule has 0 bridgehead atoms. The molecule has 3 heteroatoms. The van der Waals surface area contributed by atoms with Crippen molar-refractivity contribution in [2.24, 2.45) is 0 Å². The van der Waals surface area contributed by atoms with E-state index in [2.05, 4.69) is 225 Å². The number of aromatic nitrogens is 2. The lowest BCUT2D eigenvalue weighted by Gasteiger charge is -2.28. The van der Waals surface area contributed by atoms with E-state index in [9.17, 15) is 0 Å². The summed E-state index contributed by atoms with van der Waals surface area (Å²) in [6.07, 6.45) is 0. The van der Waals surface area contributed by atoms with E-state index in [0.29, 0.717) is 5.82 Å². The fraction of sp³-hybridized carbons (Fsp3) is 0.0333. The minimum absolute atomic E-state index is 0.326. The van der Waals surface area contributed by atoms with Crippen LogP contribution in [0.2, 0.25) is 0 Å². The highest BCUT2D eigenvalue weighted by Gasteiger charge is 2.41. The maximum Gasteiger partial charge on any atom is 0.160 e. The molecule has 0 fully saturated rings. The summed E-state index contributed by atoms with van der Waals surface area (Å²) in [6.45, 7) is 2.37. The maximum absolute atomic E-state index is 5.42.